The Morgan fingerprint density at radius 2 is 2.00 bits per heavy atom. The van der Waals surface area contributed by atoms with Crippen molar-refractivity contribution in [3.05, 3.63) is 46.4 Å². The molecule has 0 atom stereocenters. The van der Waals surface area contributed by atoms with Crippen LogP contribution in [0.3, 0.4) is 0 Å². The lowest BCUT2D eigenvalue weighted by Gasteiger charge is -2.01. The highest BCUT2D eigenvalue weighted by atomic mass is 19.4. The first-order valence-corrected chi connectivity index (χ1v) is 4.61. The summed E-state index contributed by atoms with van der Waals surface area (Å²) >= 11 is 0. The molecule has 0 amide bonds. The van der Waals surface area contributed by atoms with E-state index in [4.69, 9.17) is 0 Å². The van der Waals surface area contributed by atoms with Crippen molar-refractivity contribution in [2.24, 2.45) is 0 Å². The minimum atomic E-state index is -4.53. The second-order valence-electron chi connectivity index (χ2n) is 3.28. The van der Waals surface area contributed by atoms with E-state index in [1.807, 2.05) is 0 Å². The standard InChI is InChI=1S/C9H5F3N4O2/c10-9(11,12)7-3-4-15(14-7)6-1-2-8(13-5-6)16(17)18/h1-5H. The number of aromatic nitrogens is 3. The van der Waals surface area contributed by atoms with E-state index in [-0.39, 0.29) is 11.5 Å². The number of nitrogens with zero attached hydrogens (tertiary/aromatic N) is 4. The molecule has 18 heavy (non-hydrogen) atoms. The molecule has 9 heteroatoms. The van der Waals surface area contributed by atoms with Gasteiger partial charge in [0.05, 0.1) is 0 Å². The molecule has 0 unspecified atom stereocenters. The molecule has 94 valence electrons. The van der Waals surface area contributed by atoms with Crippen molar-refractivity contribution in [3.8, 4) is 5.69 Å². The van der Waals surface area contributed by atoms with Gasteiger partial charge in [-0.25, -0.2) is 4.68 Å². The number of hydrogen-bond acceptors (Lipinski definition) is 4. The lowest BCUT2D eigenvalue weighted by Crippen LogP contribution is -2.07. The molecular weight excluding hydrogens is 253 g/mol. The summed E-state index contributed by atoms with van der Waals surface area (Å²) < 4.78 is 37.9. The summed E-state index contributed by atoms with van der Waals surface area (Å²) in [6, 6.07) is 3.16. The maximum atomic E-state index is 12.3. The van der Waals surface area contributed by atoms with Gasteiger partial charge < -0.3 is 10.1 Å². The van der Waals surface area contributed by atoms with Crippen LogP contribution in [0.1, 0.15) is 5.69 Å². The second kappa shape index (κ2) is 4.09. The van der Waals surface area contributed by atoms with Crippen molar-refractivity contribution in [1.82, 2.24) is 14.8 Å². The molecule has 2 rings (SSSR count). The average Bonchev–Trinajstić information content (AvgIpc) is 2.78. The Bertz CT molecular complexity index is 576. The van der Waals surface area contributed by atoms with Crippen LogP contribution >= 0.6 is 0 Å². The van der Waals surface area contributed by atoms with Gasteiger partial charge in [-0.15, -0.1) is 0 Å². The molecule has 2 aromatic rings. The van der Waals surface area contributed by atoms with E-state index in [2.05, 4.69) is 10.1 Å². The van der Waals surface area contributed by atoms with Crippen LogP contribution < -0.4 is 0 Å². The van der Waals surface area contributed by atoms with E-state index in [1.54, 1.807) is 0 Å². The molecule has 0 aliphatic rings. The number of rotatable bonds is 2. The van der Waals surface area contributed by atoms with Crippen molar-refractivity contribution in [2.45, 2.75) is 6.18 Å². The molecule has 0 saturated carbocycles. The average molecular weight is 258 g/mol. The highest BCUT2D eigenvalue weighted by Gasteiger charge is 2.33. The fourth-order valence-corrected chi connectivity index (χ4v) is 1.24. The predicted octanol–water partition coefficient (Wildman–Crippen LogP) is 2.19. The smallest absolute Gasteiger partial charge is 0.358 e. The number of halogens is 3. The van der Waals surface area contributed by atoms with E-state index in [1.165, 1.54) is 6.07 Å². The van der Waals surface area contributed by atoms with E-state index < -0.39 is 16.8 Å². The normalized spacial score (nSPS) is 11.5. The van der Waals surface area contributed by atoms with Gasteiger partial charge in [0.2, 0.25) is 0 Å². The third-order valence-electron chi connectivity index (χ3n) is 2.06. The van der Waals surface area contributed by atoms with Gasteiger partial charge in [-0.1, -0.05) is 0 Å². The van der Waals surface area contributed by atoms with Gasteiger partial charge in [0, 0.05) is 12.3 Å². The Kier molecular flexibility index (Phi) is 2.73. The van der Waals surface area contributed by atoms with Crippen molar-refractivity contribution in [1.29, 1.82) is 0 Å². The van der Waals surface area contributed by atoms with Gasteiger partial charge >= 0.3 is 12.0 Å². The quantitative estimate of drug-likeness (QED) is 0.611. The lowest BCUT2D eigenvalue weighted by atomic mass is 10.4. The zero-order chi connectivity index (χ0) is 13.3. The molecular formula is C9H5F3N4O2. The predicted molar refractivity (Wildman–Crippen MR) is 53.0 cm³/mol. The van der Waals surface area contributed by atoms with Crippen molar-refractivity contribution >= 4 is 5.82 Å². The Morgan fingerprint density at radius 3 is 2.44 bits per heavy atom. The molecule has 6 nitrogen and oxygen atoms in total. The van der Waals surface area contributed by atoms with Gasteiger partial charge in [0.15, 0.2) is 11.9 Å². The van der Waals surface area contributed by atoms with Crippen LogP contribution in [0.4, 0.5) is 19.0 Å². The summed E-state index contributed by atoms with van der Waals surface area (Å²) in [7, 11) is 0. The summed E-state index contributed by atoms with van der Waals surface area (Å²) in [4.78, 5) is 13.1. The minimum Gasteiger partial charge on any atom is -0.358 e. The Hall–Kier alpha value is -2.45. The molecule has 0 radical (unpaired) electrons. The Morgan fingerprint density at radius 1 is 1.28 bits per heavy atom. The third-order valence-corrected chi connectivity index (χ3v) is 2.06. The number of alkyl halides is 3. The summed E-state index contributed by atoms with van der Waals surface area (Å²) in [5.74, 6) is -0.387. The fourth-order valence-electron chi connectivity index (χ4n) is 1.24. The highest BCUT2D eigenvalue weighted by Crippen LogP contribution is 2.27. The first-order chi connectivity index (χ1) is 8.38. The number of pyridine rings is 1. The SMILES string of the molecule is O=[N+]([O-])c1ccc(-n2ccc(C(F)(F)F)n2)cn1. The largest absolute Gasteiger partial charge is 0.435 e. The van der Waals surface area contributed by atoms with Crippen molar-refractivity contribution < 1.29 is 18.1 Å². The maximum absolute atomic E-state index is 12.3. The third kappa shape index (κ3) is 2.29. The molecule has 2 aromatic heterocycles. The molecule has 0 N–H and O–H groups in total. The summed E-state index contributed by atoms with van der Waals surface area (Å²) in [6.45, 7) is 0. The maximum Gasteiger partial charge on any atom is 0.435 e. The zero-order valence-electron chi connectivity index (χ0n) is 8.63. The van der Waals surface area contributed by atoms with Crippen LogP contribution in [-0.2, 0) is 6.18 Å². The van der Waals surface area contributed by atoms with E-state index in [0.717, 1.165) is 29.2 Å². The van der Waals surface area contributed by atoms with E-state index in [0.29, 0.717) is 0 Å². The zero-order valence-corrected chi connectivity index (χ0v) is 8.63. The molecule has 0 aliphatic carbocycles. The molecule has 0 spiro atoms. The van der Waals surface area contributed by atoms with E-state index >= 15 is 0 Å². The topological polar surface area (TPSA) is 73.8 Å². The van der Waals surface area contributed by atoms with Gasteiger partial charge in [-0.2, -0.15) is 18.3 Å². The monoisotopic (exact) mass is 258 g/mol. The second-order valence-corrected chi connectivity index (χ2v) is 3.28. The van der Waals surface area contributed by atoms with Crippen molar-refractivity contribution in [2.75, 3.05) is 0 Å². The molecule has 2 heterocycles. The van der Waals surface area contributed by atoms with Crippen LogP contribution in [0.15, 0.2) is 30.6 Å². The number of hydrogen-bond donors (Lipinski definition) is 0. The van der Waals surface area contributed by atoms with Crippen molar-refractivity contribution in [3.63, 3.8) is 0 Å². The van der Waals surface area contributed by atoms with Crippen LogP contribution in [0.5, 0.6) is 0 Å². The minimum absolute atomic E-state index is 0.205. The number of nitro groups is 1. The molecule has 0 saturated heterocycles. The summed E-state index contributed by atoms with van der Waals surface area (Å²) in [5.41, 5.74) is -0.836. The van der Waals surface area contributed by atoms with Crippen LogP contribution in [0.2, 0.25) is 0 Å². The molecule has 0 fully saturated rings. The summed E-state index contributed by atoms with van der Waals surface area (Å²) in [5, 5.41) is 13.7. The molecule has 0 bridgehead atoms. The summed E-state index contributed by atoms with van der Waals surface area (Å²) in [6.07, 6.45) is -2.35. The lowest BCUT2D eigenvalue weighted by molar-refractivity contribution is -0.389. The first kappa shape index (κ1) is 12.0. The Balaban J connectivity index is 2.32. The first-order valence-electron chi connectivity index (χ1n) is 4.61. The van der Waals surface area contributed by atoms with E-state index in [9.17, 15) is 23.3 Å². The van der Waals surface area contributed by atoms with Gasteiger partial charge in [0.25, 0.3) is 0 Å². The molecule has 0 aromatic carbocycles. The van der Waals surface area contributed by atoms with Crippen LogP contribution in [0.25, 0.3) is 5.69 Å². The van der Waals surface area contributed by atoms with Gasteiger partial charge in [-0.05, 0) is 22.0 Å². The Labute approximate surface area is 97.8 Å². The van der Waals surface area contributed by atoms with Crippen LogP contribution in [-0.4, -0.2) is 19.7 Å². The fraction of sp³-hybridized carbons (Fsp3) is 0.111. The van der Waals surface area contributed by atoms with Crippen LogP contribution in [0, 0.1) is 10.1 Å². The van der Waals surface area contributed by atoms with Gasteiger partial charge in [-0.3, -0.25) is 0 Å². The van der Waals surface area contributed by atoms with Gasteiger partial charge in [0.1, 0.15) is 5.69 Å². The highest BCUT2D eigenvalue weighted by molar-refractivity contribution is 5.33. The molecule has 0 aliphatic heterocycles.